The molecule has 5 rings (SSSR count). The predicted molar refractivity (Wildman–Crippen MR) is 145 cm³/mol. The third-order valence-corrected chi connectivity index (χ3v) is 6.85. The number of piperidine rings is 1. The van der Waals surface area contributed by atoms with Gasteiger partial charge in [0.15, 0.2) is 0 Å². The van der Waals surface area contributed by atoms with Crippen molar-refractivity contribution in [2.24, 2.45) is 7.05 Å². The van der Waals surface area contributed by atoms with Gasteiger partial charge >= 0.3 is 5.69 Å². The van der Waals surface area contributed by atoms with E-state index in [4.69, 9.17) is 5.73 Å². The van der Waals surface area contributed by atoms with Crippen LogP contribution in [0, 0.1) is 0 Å². The molecule has 0 saturated carbocycles. The molecule has 1 saturated heterocycles. The minimum absolute atomic E-state index is 0.109. The van der Waals surface area contributed by atoms with Gasteiger partial charge in [-0.2, -0.15) is 0 Å². The van der Waals surface area contributed by atoms with Crippen molar-refractivity contribution in [1.29, 1.82) is 0 Å². The number of rotatable bonds is 6. The molecule has 190 valence electrons. The number of fused-ring (bicyclic) bond motifs is 1. The number of amides is 2. The molecule has 0 radical (unpaired) electrons. The summed E-state index contributed by atoms with van der Waals surface area (Å²) < 4.78 is 3.18. The highest BCUT2D eigenvalue weighted by molar-refractivity contribution is 6.06. The van der Waals surface area contributed by atoms with Gasteiger partial charge in [-0.3, -0.25) is 18.7 Å². The van der Waals surface area contributed by atoms with Crippen molar-refractivity contribution < 1.29 is 9.59 Å². The number of hydrogen-bond acceptors (Lipinski definition) is 5. The Kier molecular flexibility index (Phi) is 6.78. The van der Waals surface area contributed by atoms with Crippen LogP contribution in [0.1, 0.15) is 39.1 Å². The summed E-state index contributed by atoms with van der Waals surface area (Å²) in [5.41, 5.74) is 9.83. The van der Waals surface area contributed by atoms with E-state index in [1.807, 2.05) is 18.2 Å². The fourth-order valence-electron chi connectivity index (χ4n) is 4.77. The molecule has 0 atom stereocenters. The number of aryl methyl sites for hydroxylation is 1. The van der Waals surface area contributed by atoms with Crippen LogP contribution in [0.25, 0.3) is 11.0 Å². The van der Waals surface area contributed by atoms with Crippen molar-refractivity contribution in [3.05, 3.63) is 93.9 Å². The monoisotopic (exact) mass is 498 g/mol. The van der Waals surface area contributed by atoms with Crippen LogP contribution < -0.4 is 27.4 Å². The topological polar surface area (TPSA) is 123 Å². The zero-order valence-electron chi connectivity index (χ0n) is 20.7. The van der Waals surface area contributed by atoms with Crippen LogP contribution in [-0.4, -0.2) is 40.1 Å². The Labute approximate surface area is 214 Å². The first-order valence-corrected chi connectivity index (χ1v) is 12.4. The molecule has 1 aromatic heterocycles. The van der Waals surface area contributed by atoms with Gasteiger partial charge in [-0.15, -0.1) is 0 Å². The molecule has 2 amide bonds. The third kappa shape index (κ3) is 4.99. The third-order valence-electron chi connectivity index (χ3n) is 6.85. The average molecular weight is 499 g/mol. The quantitative estimate of drug-likeness (QED) is 0.305. The molecule has 9 heteroatoms. The molecule has 0 bridgehead atoms. The number of carbonyl (C=O) groups excluding carboxylic acids is 2. The maximum absolute atomic E-state index is 13.2. The van der Waals surface area contributed by atoms with Gasteiger partial charge in [0.25, 0.3) is 11.8 Å². The summed E-state index contributed by atoms with van der Waals surface area (Å²) in [6, 6.07) is 19.6. The van der Waals surface area contributed by atoms with Crippen molar-refractivity contribution >= 4 is 34.2 Å². The first-order chi connectivity index (χ1) is 17.9. The molecule has 3 aromatic carbocycles. The van der Waals surface area contributed by atoms with Crippen LogP contribution in [0.3, 0.4) is 0 Å². The van der Waals surface area contributed by atoms with Crippen LogP contribution in [0.15, 0.2) is 71.5 Å². The SMILES string of the molecule is Cn1c(=O)n(Cc2ccc(C(=O)Nc3ccccc3N)cc2)c2c(C(=O)NC3CCNCC3)cccc21. The minimum atomic E-state index is -0.274. The lowest BCUT2D eigenvalue weighted by molar-refractivity contribution is 0.0930. The molecule has 37 heavy (non-hydrogen) atoms. The standard InChI is InChI=1S/C28H30N6O3/c1-33-24-8-4-5-21(27(36)31-20-13-15-30-16-14-20)25(24)34(28(33)37)17-18-9-11-19(12-10-18)26(35)32-23-7-3-2-6-22(23)29/h2-12,20,30H,13-17,29H2,1H3,(H,31,36)(H,32,35). The van der Waals surface area contributed by atoms with Gasteiger partial charge in [0.2, 0.25) is 0 Å². The molecule has 1 fully saturated rings. The molecule has 0 unspecified atom stereocenters. The molecule has 1 aliphatic rings. The van der Waals surface area contributed by atoms with E-state index in [2.05, 4.69) is 16.0 Å². The first kappa shape index (κ1) is 24.3. The zero-order chi connectivity index (χ0) is 25.9. The van der Waals surface area contributed by atoms with Gasteiger partial charge in [0, 0.05) is 18.7 Å². The second-order valence-corrected chi connectivity index (χ2v) is 9.34. The lowest BCUT2D eigenvalue weighted by Gasteiger charge is -2.23. The molecule has 0 spiro atoms. The van der Waals surface area contributed by atoms with Gasteiger partial charge in [-0.1, -0.05) is 30.3 Å². The second-order valence-electron chi connectivity index (χ2n) is 9.34. The average Bonchev–Trinajstić information content (AvgIpc) is 3.16. The Balaban J connectivity index is 1.40. The molecule has 2 heterocycles. The Morgan fingerprint density at radius 3 is 2.43 bits per heavy atom. The number of nitrogen functional groups attached to an aromatic ring is 1. The first-order valence-electron chi connectivity index (χ1n) is 12.4. The summed E-state index contributed by atoms with van der Waals surface area (Å²) in [6.45, 7) is 2.01. The number of nitrogens with two attached hydrogens (primary N) is 1. The van der Waals surface area contributed by atoms with Crippen LogP contribution in [0.4, 0.5) is 11.4 Å². The van der Waals surface area contributed by atoms with Crippen LogP contribution in [0.5, 0.6) is 0 Å². The fraction of sp³-hybridized carbons (Fsp3) is 0.250. The maximum atomic E-state index is 13.2. The van der Waals surface area contributed by atoms with Gasteiger partial charge in [0.05, 0.1) is 34.5 Å². The number of para-hydroxylation sites is 3. The maximum Gasteiger partial charge on any atom is 0.329 e. The van der Waals surface area contributed by atoms with Gasteiger partial charge in [0.1, 0.15) is 0 Å². The number of imidazole rings is 1. The van der Waals surface area contributed by atoms with E-state index in [0.29, 0.717) is 33.5 Å². The zero-order valence-corrected chi connectivity index (χ0v) is 20.7. The van der Waals surface area contributed by atoms with Gasteiger partial charge in [-0.25, -0.2) is 4.79 Å². The van der Waals surface area contributed by atoms with E-state index in [0.717, 1.165) is 31.5 Å². The number of nitrogens with one attached hydrogen (secondary N) is 3. The molecule has 9 nitrogen and oxygen atoms in total. The molecule has 1 aliphatic heterocycles. The van der Waals surface area contributed by atoms with E-state index >= 15 is 0 Å². The summed E-state index contributed by atoms with van der Waals surface area (Å²) in [6.07, 6.45) is 1.75. The Hall–Kier alpha value is -4.37. The fourth-order valence-corrected chi connectivity index (χ4v) is 4.77. The number of hydrogen-bond donors (Lipinski definition) is 4. The minimum Gasteiger partial charge on any atom is -0.397 e. The summed E-state index contributed by atoms with van der Waals surface area (Å²) in [7, 11) is 1.71. The predicted octanol–water partition coefficient (Wildman–Crippen LogP) is 2.70. The second kappa shape index (κ2) is 10.3. The van der Waals surface area contributed by atoms with E-state index in [-0.39, 0.29) is 30.1 Å². The summed E-state index contributed by atoms with van der Waals surface area (Å²) >= 11 is 0. The van der Waals surface area contributed by atoms with Crippen molar-refractivity contribution in [1.82, 2.24) is 19.8 Å². The van der Waals surface area contributed by atoms with Gasteiger partial charge < -0.3 is 21.7 Å². The smallest absolute Gasteiger partial charge is 0.329 e. The van der Waals surface area contributed by atoms with E-state index in [1.54, 1.807) is 64.7 Å². The highest BCUT2D eigenvalue weighted by Gasteiger charge is 2.22. The van der Waals surface area contributed by atoms with Crippen LogP contribution in [-0.2, 0) is 13.6 Å². The van der Waals surface area contributed by atoms with Crippen LogP contribution in [0.2, 0.25) is 0 Å². The molecular formula is C28H30N6O3. The van der Waals surface area contributed by atoms with Crippen molar-refractivity contribution in [2.45, 2.75) is 25.4 Å². The number of nitrogens with zero attached hydrogens (tertiary/aromatic N) is 2. The van der Waals surface area contributed by atoms with Crippen LogP contribution >= 0.6 is 0 Å². The highest BCUT2D eigenvalue weighted by atomic mass is 16.2. The Morgan fingerprint density at radius 1 is 0.973 bits per heavy atom. The number of carbonyl (C=O) groups is 2. The lowest BCUT2D eigenvalue weighted by atomic mass is 10.1. The lowest BCUT2D eigenvalue weighted by Crippen LogP contribution is -2.42. The normalized spacial score (nSPS) is 14.0. The number of anilines is 2. The summed E-state index contributed by atoms with van der Waals surface area (Å²) in [5.74, 6) is -0.451. The molecule has 4 aromatic rings. The summed E-state index contributed by atoms with van der Waals surface area (Å²) in [5, 5.41) is 9.25. The Bertz CT molecular complexity index is 1510. The molecule has 5 N–H and O–H groups in total. The van der Waals surface area contributed by atoms with Crippen molar-refractivity contribution in [3.8, 4) is 0 Å². The highest BCUT2D eigenvalue weighted by Crippen LogP contribution is 2.21. The summed E-state index contributed by atoms with van der Waals surface area (Å²) in [4.78, 5) is 39.1. The van der Waals surface area contributed by atoms with E-state index in [9.17, 15) is 14.4 Å². The van der Waals surface area contributed by atoms with Gasteiger partial charge in [-0.05, 0) is 67.9 Å². The van der Waals surface area contributed by atoms with E-state index < -0.39 is 0 Å². The largest absolute Gasteiger partial charge is 0.397 e. The Morgan fingerprint density at radius 2 is 1.70 bits per heavy atom. The van der Waals surface area contributed by atoms with E-state index in [1.165, 1.54) is 0 Å². The van der Waals surface area contributed by atoms with Crippen molar-refractivity contribution in [3.63, 3.8) is 0 Å². The number of aromatic nitrogens is 2. The molecule has 0 aliphatic carbocycles. The molecular weight excluding hydrogens is 468 g/mol. The number of benzene rings is 3. The van der Waals surface area contributed by atoms with Crippen molar-refractivity contribution in [2.75, 3.05) is 24.1 Å².